The van der Waals surface area contributed by atoms with Crippen molar-refractivity contribution < 1.29 is 19.1 Å². The molecule has 0 fully saturated rings. The van der Waals surface area contributed by atoms with E-state index in [0.717, 1.165) is 11.1 Å². The van der Waals surface area contributed by atoms with Crippen molar-refractivity contribution in [1.82, 2.24) is 0 Å². The van der Waals surface area contributed by atoms with E-state index in [0.29, 0.717) is 17.7 Å². The van der Waals surface area contributed by atoms with Crippen LogP contribution >= 0.6 is 0 Å². The first-order valence-electron chi connectivity index (χ1n) is 9.35. The Hall–Kier alpha value is -4.11. The maximum absolute atomic E-state index is 12.2. The lowest BCUT2D eigenvalue weighted by Crippen LogP contribution is -2.24. The van der Waals surface area contributed by atoms with Crippen molar-refractivity contribution in [1.29, 1.82) is 5.26 Å². The van der Waals surface area contributed by atoms with Crippen LogP contribution in [0.3, 0.4) is 0 Å². The summed E-state index contributed by atoms with van der Waals surface area (Å²) >= 11 is 0. The highest BCUT2D eigenvalue weighted by Crippen LogP contribution is 2.19. The molecule has 0 radical (unpaired) electrons. The summed E-state index contributed by atoms with van der Waals surface area (Å²) in [6.07, 6.45) is 0.670. The van der Waals surface area contributed by atoms with Crippen LogP contribution in [0.2, 0.25) is 0 Å². The number of carbonyl (C=O) groups excluding carboxylic acids is 2. The highest BCUT2D eigenvalue weighted by atomic mass is 16.6. The fourth-order valence-electron chi connectivity index (χ4n) is 2.81. The van der Waals surface area contributed by atoms with Crippen LogP contribution in [0.5, 0.6) is 5.75 Å². The molecule has 0 spiro atoms. The first kappa shape index (κ1) is 20.6. The molecule has 0 aliphatic heterocycles. The van der Waals surface area contributed by atoms with Gasteiger partial charge in [0.1, 0.15) is 11.8 Å². The number of carbonyl (C=O) groups is 2. The van der Waals surface area contributed by atoms with Gasteiger partial charge < -0.3 is 14.8 Å². The summed E-state index contributed by atoms with van der Waals surface area (Å²) < 4.78 is 10.3. The van der Waals surface area contributed by atoms with Crippen molar-refractivity contribution in [2.45, 2.75) is 6.42 Å². The van der Waals surface area contributed by atoms with Gasteiger partial charge in [-0.3, -0.25) is 4.79 Å². The smallest absolute Gasteiger partial charge is 0.344 e. The summed E-state index contributed by atoms with van der Waals surface area (Å²) in [6, 6.07) is 25.9. The van der Waals surface area contributed by atoms with E-state index in [1.807, 2.05) is 54.6 Å². The fraction of sp³-hybridized carbons (Fsp3) is 0.125. The topological polar surface area (TPSA) is 88.4 Å². The second-order valence-electron chi connectivity index (χ2n) is 6.43. The minimum atomic E-state index is -0.699. The number of nitrogens with one attached hydrogen (secondary N) is 1. The molecule has 0 unspecified atom stereocenters. The number of rotatable bonds is 8. The number of amides is 1. The molecule has 0 saturated carbocycles. The van der Waals surface area contributed by atoms with Crippen molar-refractivity contribution in [2.75, 3.05) is 18.5 Å². The number of para-hydroxylation sites is 2. The first-order valence-corrected chi connectivity index (χ1v) is 9.35. The van der Waals surface area contributed by atoms with Gasteiger partial charge in [0.25, 0.3) is 5.91 Å². The Morgan fingerprint density at radius 1 is 0.867 bits per heavy atom. The van der Waals surface area contributed by atoms with E-state index in [2.05, 4.69) is 5.32 Å². The molecule has 3 aromatic carbocycles. The average molecular weight is 400 g/mol. The monoisotopic (exact) mass is 400 g/mol. The zero-order valence-corrected chi connectivity index (χ0v) is 16.2. The predicted molar refractivity (Wildman–Crippen MR) is 112 cm³/mol. The van der Waals surface area contributed by atoms with Gasteiger partial charge in [-0.25, -0.2) is 4.79 Å². The second-order valence-corrected chi connectivity index (χ2v) is 6.43. The zero-order chi connectivity index (χ0) is 21.2. The Kier molecular flexibility index (Phi) is 7.17. The molecular formula is C24H20N2O4. The van der Waals surface area contributed by atoms with E-state index in [1.165, 1.54) is 0 Å². The normalized spacial score (nSPS) is 9.97. The SMILES string of the molecule is N#Cc1ccccc1OCC(=O)OCC(=O)Nc1ccccc1Cc1ccccc1. The molecule has 0 atom stereocenters. The summed E-state index contributed by atoms with van der Waals surface area (Å²) in [4.78, 5) is 24.1. The molecule has 150 valence electrons. The fourth-order valence-corrected chi connectivity index (χ4v) is 2.81. The van der Waals surface area contributed by atoms with Gasteiger partial charge in [0.2, 0.25) is 0 Å². The van der Waals surface area contributed by atoms with Crippen LogP contribution in [0.4, 0.5) is 5.69 Å². The predicted octanol–water partition coefficient (Wildman–Crippen LogP) is 3.71. The van der Waals surface area contributed by atoms with Gasteiger partial charge in [-0.2, -0.15) is 5.26 Å². The minimum absolute atomic E-state index is 0.288. The van der Waals surface area contributed by atoms with Crippen molar-refractivity contribution in [3.8, 4) is 11.8 Å². The Morgan fingerprint density at radius 2 is 1.57 bits per heavy atom. The second kappa shape index (κ2) is 10.4. The van der Waals surface area contributed by atoms with Crippen LogP contribution in [-0.2, 0) is 20.7 Å². The Morgan fingerprint density at radius 3 is 2.37 bits per heavy atom. The Balaban J connectivity index is 1.50. The molecule has 0 bridgehead atoms. The van der Waals surface area contributed by atoms with E-state index in [9.17, 15) is 9.59 Å². The summed E-state index contributed by atoms with van der Waals surface area (Å²) in [6.45, 7) is -0.821. The molecule has 6 heteroatoms. The lowest BCUT2D eigenvalue weighted by Gasteiger charge is -2.12. The van der Waals surface area contributed by atoms with Crippen LogP contribution in [-0.4, -0.2) is 25.1 Å². The Bertz CT molecular complexity index is 1060. The molecule has 30 heavy (non-hydrogen) atoms. The molecule has 3 rings (SSSR count). The Labute approximate surface area is 174 Å². The molecule has 0 aromatic heterocycles. The molecule has 0 heterocycles. The number of hydrogen-bond donors (Lipinski definition) is 1. The number of ether oxygens (including phenoxy) is 2. The summed E-state index contributed by atoms with van der Waals surface area (Å²) in [5.41, 5.74) is 3.07. The van der Waals surface area contributed by atoms with Crippen LogP contribution in [0.1, 0.15) is 16.7 Å². The number of nitrogens with zero attached hydrogens (tertiary/aromatic N) is 1. The summed E-state index contributed by atoms with van der Waals surface area (Å²) in [5, 5.41) is 11.8. The van der Waals surface area contributed by atoms with Crippen LogP contribution < -0.4 is 10.1 Å². The van der Waals surface area contributed by atoms with Gasteiger partial charge >= 0.3 is 5.97 Å². The van der Waals surface area contributed by atoms with Gasteiger partial charge in [-0.1, -0.05) is 60.7 Å². The lowest BCUT2D eigenvalue weighted by molar-refractivity contribution is -0.149. The lowest BCUT2D eigenvalue weighted by atomic mass is 10.0. The summed E-state index contributed by atoms with van der Waals surface area (Å²) in [7, 11) is 0. The molecule has 0 aliphatic carbocycles. The zero-order valence-electron chi connectivity index (χ0n) is 16.2. The van der Waals surface area contributed by atoms with E-state index < -0.39 is 25.1 Å². The maximum Gasteiger partial charge on any atom is 0.344 e. The van der Waals surface area contributed by atoms with E-state index in [-0.39, 0.29) is 5.75 Å². The minimum Gasteiger partial charge on any atom is -0.481 e. The van der Waals surface area contributed by atoms with E-state index in [4.69, 9.17) is 14.7 Å². The van der Waals surface area contributed by atoms with Crippen molar-refractivity contribution in [3.63, 3.8) is 0 Å². The molecule has 0 saturated heterocycles. The molecule has 6 nitrogen and oxygen atoms in total. The van der Waals surface area contributed by atoms with Gasteiger partial charge in [0.05, 0.1) is 5.56 Å². The number of hydrogen-bond acceptors (Lipinski definition) is 5. The van der Waals surface area contributed by atoms with Gasteiger partial charge in [-0.15, -0.1) is 0 Å². The van der Waals surface area contributed by atoms with Crippen molar-refractivity contribution in [3.05, 3.63) is 95.6 Å². The third-order valence-corrected chi connectivity index (χ3v) is 4.25. The third kappa shape index (κ3) is 5.94. The van der Waals surface area contributed by atoms with Gasteiger partial charge in [0, 0.05) is 5.69 Å². The number of benzene rings is 3. The molecule has 0 aliphatic rings. The van der Waals surface area contributed by atoms with Crippen molar-refractivity contribution >= 4 is 17.6 Å². The van der Waals surface area contributed by atoms with Crippen LogP contribution in [0.25, 0.3) is 0 Å². The maximum atomic E-state index is 12.2. The highest BCUT2D eigenvalue weighted by Gasteiger charge is 2.12. The van der Waals surface area contributed by atoms with E-state index in [1.54, 1.807) is 30.3 Å². The van der Waals surface area contributed by atoms with E-state index >= 15 is 0 Å². The third-order valence-electron chi connectivity index (χ3n) is 4.25. The number of nitriles is 1. The first-order chi connectivity index (χ1) is 14.7. The molecule has 1 amide bonds. The number of anilines is 1. The molecule has 1 N–H and O–H groups in total. The van der Waals surface area contributed by atoms with Gasteiger partial charge in [-0.05, 0) is 35.7 Å². The van der Waals surface area contributed by atoms with Gasteiger partial charge in [0.15, 0.2) is 13.2 Å². The molecular weight excluding hydrogens is 380 g/mol. The largest absolute Gasteiger partial charge is 0.481 e. The quantitative estimate of drug-likeness (QED) is 0.583. The van der Waals surface area contributed by atoms with Crippen LogP contribution in [0, 0.1) is 11.3 Å². The number of esters is 1. The van der Waals surface area contributed by atoms with Crippen LogP contribution in [0.15, 0.2) is 78.9 Å². The standard InChI is InChI=1S/C24H20N2O4/c25-15-20-11-5-7-13-22(20)29-17-24(28)30-16-23(27)26-21-12-6-4-10-19(21)14-18-8-2-1-3-9-18/h1-13H,14,16-17H2,(H,26,27). The average Bonchev–Trinajstić information content (AvgIpc) is 2.78. The van der Waals surface area contributed by atoms with Crippen molar-refractivity contribution in [2.24, 2.45) is 0 Å². The highest BCUT2D eigenvalue weighted by molar-refractivity contribution is 5.93. The molecule has 3 aromatic rings. The summed E-state index contributed by atoms with van der Waals surface area (Å²) in [5.74, 6) is -0.854.